The van der Waals surface area contributed by atoms with Gasteiger partial charge in [0.25, 0.3) is 0 Å². The van der Waals surface area contributed by atoms with Gasteiger partial charge >= 0.3 is 0 Å². The van der Waals surface area contributed by atoms with E-state index in [2.05, 4.69) is 24.3 Å². The van der Waals surface area contributed by atoms with Gasteiger partial charge in [0.1, 0.15) is 0 Å². The van der Waals surface area contributed by atoms with Gasteiger partial charge in [-0.3, -0.25) is 0 Å². The van der Waals surface area contributed by atoms with Gasteiger partial charge in [-0.2, -0.15) is 0 Å². The third-order valence-corrected chi connectivity index (χ3v) is 4.58. The molecule has 0 amide bonds. The maximum atomic E-state index is 3.59. The summed E-state index contributed by atoms with van der Waals surface area (Å²) >= 11 is 0. The smallest absolute Gasteiger partial charge is 0.0318 e. The molecule has 0 aromatic carbocycles. The van der Waals surface area contributed by atoms with Crippen molar-refractivity contribution in [2.24, 2.45) is 5.92 Å². The zero-order valence-corrected chi connectivity index (χ0v) is 10.4. The molecule has 1 saturated carbocycles. The monoisotopic (exact) mass is 210 g/mol. The molecule has 15 heavy (non-hydrogen) atoms. The lowest BCUT2D eigenvalue weighted by atomic mass is 9.88. The van der Waals surface area contributed by atoms with Crippen LogP contribution in [0.15, 0.2) is 0 Å². The highest BCUT2D eigenvalue weighted by Crippen LogP contribution is 2.33. The summed E-state index contributed by atoms with van der Waals surface area (Å²) in [6.07, 6.45) is 10.1. The Morgan fingerprint density at radius 2 is 2.07 bits per heavy atom. The van der Waals surface area contributed by atoms with Gasteiger partial charge in [-0.05, 0) is 45.8 Å². The Labute approximate surface area is 94.4 Å². The fraction of sp³-hybridized carbons (Fsp3) is 1.00. The first kappa shape index (κ1) is 11.4. The van der Waals surface area contributed by atoms with Crippen LogP contribution in [-0.2, 0) is 0 Å². The molecule has 88 valence electrons. The van der Waals surface area contributed by atoms with Gasteiger partial charge in [0.05, 0.1) is 0 Å². The summed E-state index contributed by atoms with van der Waals surface area (Å²) in [5, 5.41) is 3.59. The molecule has 0 bridgehead atoms. The Kier molecular flexibility index (Phi) is 3.68. The van der Waals surface area contributed by atoms with Crippen LogP contribution in [0.1, 0.15) is 44.9 Å². The van der Waals surface area contributed by atoms with Crippen LogP contribution < -0.4 is 5.32 Å². The first-order valence-corrected chi connectivity index (χ1v) is 6.62. The van der Waals surface area contributed by atoms with Crippen LogP contribution >= 0.6 is 0 Å². The van der Waals surface area contributed by atoms with E-state index in [9.17, 15) is 0 Å². The van der Waals surface area contributed by atoms with Gasteiger partial charge in [-0.1, -0.05) is 25.7 Å². The van der Waals surface area contributed by atoms with Crippen molar-refractivity contribution < 1.29 is 0 Å². The second-order valence-corrected chi connectivity index (χ2v) is 5.71. The molecule has 1 aliphatic carbocycles. The summed E-state index contributed by atoms with van der Waals surface area (Å²) in [6.45, 7) is 2.52. The molecule has 1 atom stereocenters. The molecule has 1 N–H and O–H groups in total. The van der Waals surface area contributed by atoms with E-state index in [1.54, 1.807) is 0 Å². The van der Waals surface area contributed by atoms with E-state index in [4.69, 9.17) is 0 Å². The van der Waals surface area contributed by atoms with Crippen LogP contribution in [0.5, 0.6) is 0 Å². The number of nitrogens with zero attached hydrogens (tertiary/aromatic N) is 1. The molecular formula is C13H26N2. The van der Waals surface area contributed by atoms with E-state index < -0.39 is 0 Å². The maximum absolute atomic E-state index is 3.59. The number of hydrogen-bond acceptors (Lipinski definition) is 2. The summed E-state index contributed by atoms with van der Waals surface area (Å²) in [5.74, 6) is 1.04. The van der Waals surface area contributed by atoms with Gasteiger partial charge < -0.3 is 10.2 Å². The second kappa shape index (κ2) is 4.84. The minimum atomic E-state index is 0.442. The molecule has 2 heteroatoms. The van der Waals surface area contributed by atoms with Crippen molar-refractivity contribution in [1.29, 1.82) is 0 Å². The van der Waals surface area contributed by atoms with Crippen LogP contribution in [0.25, 0.3) is 0 Å². The van der Waals surface area contributed by atoms with Crippen molar-refractivity contribution in [3.8, 4) is 0 Å². The molecule has 0 aromatic rings. The highest BCUT2D eigenvalue weighted by molar-refractivity contribution is 4.95. The average molecular weight is 210 g/mol. The maximum Gasteiger partial charge on any atom is 0.0318 e. The lowest BCUT2D eigenvalue weighted by Gasteiger charge is -2.30. The third kappa shape index (κ3) is 2.73. The van der Waals surface area contributed by atoms with Gasteiger partial charge in [0, 0.05) is 12.1 Å². The van der Waals surface area contributed by atoms with Crippen molar-refractivity contribution in [2.45, 2.75) is 50.5 Å². The van der Waals surface area contributed by atoms with Crippen LogP contribution in [0.3, 0.4) is 0 Å². The fourth-order valence-corrected chi connectivity index (χ4v) is 3.39. The topological polar surface area (TPSA) is 15.3 Å². The van der Waals surface area contributed by atoms with Crippen molar-refractivity contribution in [3.05, 3.63) is 0 Å². The Morgan fingerprint density at radius 3 is 2.60 bits per heavy atom. The summed E-state index contributed by atoms with van der Waals surface area (Å²) < 4.78 is 0. The summed E-state index contributed by atoms with van der Waals surface area (Å²) in [5.41, 5.74) is 0.442. The molecule has 1 unspecified atom stereocenters. The van der Waals surface area contributed by atoms with Gasteiger partial charge in [0.2, 0.25) is 0 Å². The van der Waals surface area contributed by atoms with E-state index >= 15 is 0 Å². The molecule has 0 spiro atoms. The molecule has 1 heterocycles. The second-order valence-electron chi connectivity index (χ2n) is 5.71. The van der Waals surface area contributed by atoms with E-state index in [0.29, 0.717) is 5.54 Å². The number of nitrogens with one attached hydrogen (secondary N) is 1. The number of likely N-dealkylation sites (tertiary alicyclic amines) is 1. The lowest BCUT2D eigenvalue weighted by molar-refractivity contribution is 0.285. The van der Waals surface area contributed by atoms with Crippen molar-refractivity contribution in [1.82, 2.24) is 10.2 Å². The minimum Gasteiger partial charge on any atom is -0.313 e. The van der Waals surface area contributed by atoms with Crippen LogP contribution in [0, 0.1) is 5.92 Å². The first-order valence-electron chi connectivity index (χ1n) is 6.62. The van der Waals surface area contributed by atoms with Crippen molar-refractivity contribution >= 4 is 0 Å². The van der Waals surface area contributed by atoms with Crippen molar-refractivity contribution in [3.63, 3.8) is 0 Å². The van der Waals surface area contributed by atoms with E-state index in [1.807, 2.05) is 0 Å². The molecule has 2 nitrogen and oxygen atoms in total. The normalized spacial score (nSPS) is 34.0. The molecule has 0 radical (unpaired) electrons. The Bertz CT molecular complexity index is 199. The van der Waals surface area contributed by atoms with Gasteiger partial charge in [0.15, 0.2) is 0 Å². The van der Waals surface area contributed by atoms with Crippen LogP contribution in [0.2, 0.25) is 0 Å². The minimum absolute atomic E-state index is 0.442. The molecule has 0 aromatic heterocycles. The summed E-state index contributed by atoms with van der Waals surface area (Å²) in [4.78, 5) is 2.46. The van der Waals surface area contributed by atoms with E-state index in [-0.39, 0.29) is 0 Å². The molecule has 1 aliphatic heterocycles. The molecular weight excluding hydrogens is 184 g/mol. The number of rotatable bonds is 4. The van der Waals surface area contributed by atoms with E-state index in [0.717, 1.165) is 5.92 Å². The summed E-state index contributed by atoms with van der Waals surface area (Å²) in [7, 11) is 4.39. The predicted molar refractivity (Wildman–Crippen MR) is 65.1 cm³/mol. The highest BCUT2D eigenvalue weighted by atomic mass is 15.2. The average Bonchev–Trinajstić information content (AvgIpc) is 2.85. The van der Waals surface area contributed by atoms with Gasteiger partial charge in [-0.25, -0.2) is 0 Å². The number of likely N-dealkylation sites (N-methyl/N-ethyl adjacent to an activating group) is 2. The highest BCUT2D eigenvalue weighted by Gasteiger charge is 2.35. The molecule has 2 fully saturated rings. The SMILES string of the molecule is CNC1(CCC2CCCC2)CCN(C)C1. The molecule has 1 saturated heterocycles. The Morgan fingerprint density at radius 1 is 1.33 bits per heavy atom. The Hall–Kier alpha value is -0.0800. The quantitative estimate of drug-likeness (QED) is 0.765. The molecule has 2 rings (SSSR count). The fourth-order valence-electron chi connectivity index (χ4n) is 3.39. The lowest BCUT2D eigenvalue weighted by Crippen LogP contribution is -2.45. The first-order chi connectivity index (χ1) is 7.24. The van der Waals surface area contributed by atoms with Crippen molar-refractivity contribution in [2.75, 3.05) is 27.2 Å². The van der Waals surface area contributed by atoms with E-state index in [1.165, 1.54) is 58.0 Å². The van der Waals surface area contributed by atoms with Crippen LogP contribution in [-0.4, -0.2) is 37.6 Å². The predicted octanol–water partition coefficient (Wildman–Crippen LogP) is 2.25. The number of hydrogen-bond donors (Lipinski definition) is 1. The largest absolute Gasteiger partial charge is 0.313 e. The Balaban J connectivity index is 1.80. The van der Waals surface area contributed by atoms with Gasteiger partial charge in [-0.15, -0.1) is 0 Å². The zero-order chi connectivity index (χ0) is 10.7. The standard InChI is InChI=1S/C13H26N2/c1-14-13(9-10-15(2)11-13)8-7-12-5-3-4-6-12/h12,14H,3-11H2,1-2H3. The zero-order valence-electron chi connectivity index (χ0n) is 10.4. The summed E-state index contributed by atoms with van der Waals surface area (Å²) in [6, 6.07) is 0. The van der Waals surface area contributed by atoms with Crippen LogP contribution in [0.4, 0.5) is 0 Å². The third-order valence-electron chi connectivity index (χ3n) is 4.58. The molecule has 2 aliphatic rings.